The number of nitrogens with zero attached hydrogens (tertiary/aromatic N) is 1. The fourth-order valence-electron chi connectivity index (χ4n) is 2.60. The summed E-state index contributed by atoms with van der Waals surface area (Å²) in [5, 5.41) is 3.00. The lowest BCUT2D eigenvalue weighted by Gasteiger charge is -2.19. The second-order valence-corrected chi connectivity index (χ2v) is 4.95. The van der Waals surface area contributed by atoms with Gasteiger partial charge >= 0.3 is 6.03 Å². The number of benzene rings is 1. The third-order valence-corrected chi connectivity index (χ3v) is 3.75. The van der Waals surface area contributed by atoms with Crippen LogP contribution in [0.5, 0.6) is 5.75 Å². The Kier molecular flexibility index (Phi) is 3.20. The van der Waals surface area contributed by atoms with Gasteiger partial charge < -0.3 is 15.0 Å². The van der Waals surface area contributed by atoms with Crippen molar-refractivity contribution < 1.29 is 9.53 Å². The van der Waals surface area contributed by atoms with Gasteiger partial charge in [-0.3, -0.25) is 0 Å². The Balaban J connectivity index is 2.44. The van der Waals surface area contributed by atoms with Gasteiger partial charge in [0, 0.05) is 13.6 Å². The first-order valence-electron chi connectivity index (χ1n) is 6.12. The van der Waals surface area contributed by atoms with E-state index >= 15 is 0 Å². The van der Waals surface area contributed by atoms with Gasteiger partial charge in [0.15, 0.2) is 0 Å². The number of carbonyl (C=O) groups excluding carboxylic acids is 1. The summed E-state index contributed by atoms with van der Waals surface area (Å²) in [5.41, 5.74) is 4.64. The van der Waals surface area contributed by atoms with Crippen LogP contribution in [0.3, 0.4) is 0 Å². The number of likely N-dealkylation sites (N-methyl/N-ethyl adjacent to an activating group) is 1. The number of hydrogen-bond donors (Lipinski definition) is 1. The molecule has 0 aliphatic carbocycles. The minimum Gasteiger partial charge on any atom is -0.496 e. The third-order valence-electron chi connectivity index (χ3n) is 3.75. The van der Waals surface area contributed by atoms with E-state index in [0.29, 0.717) is 6.54 Å². The molecule has 0 saturated carbocycles. The molecule has 1 fully saturated rings. The van der Waals surface area contributed by atoms with Gasteiger partial charge in [-0.1, -0.05) is 0 Å². The van der Waals surface area contributed by atoms with E-state index in [1.54, 1.807) is 12.0 Å². The van der Waals surface area contributed by atoms with E-state index in [1.165, 1.54) is 11.1 Å². The van der Waals surface area contributed by atoms with Gasteiger partial charge in [-0.25, -0.2) is 4.79 Å². The van der Waals surface area contributed by atoms with Crippen LogP contribution in [-0.4, -0.2) is 31.6 Å². The summed E-state index contributed by atoms with van der Waals surface area (Å²) < 4.78 is 5.42. The van der Waals surface area contributed by atoms with Gasteiger partial charge in [0.05, 0.1) is 13.2 Å². The molecule has 1 aliphatic heterocycles. The Bertz CT molecular complexity index is 497. The molecule has 1 aromatic carbocycles. The highest BCUT2D eigenvalue weighted by Crippen LogP contribution is 2.32. The van der Waals surface area contributed by atoms with Gasteiger partial charge in [0.1, 0.15) is 5.75 Å². The maximum Gasteiger partial charge on any atom is 0.317 e. The Morgan fingerprint density at radius 3 is 2.50 bits per heavy atom. The standard InChI is InChI=1S/C14H20N2O2/c1-8-6-11(9(2)10(3)13(8)18-5)12-7-16(4)14(17)15-12/h6,12H,7H2,1-5H3,(H,15,17). The minimum absolute atomic E-state index is 0.00877. The number of methoxy groups -OCH3 is 1. The Hall–Kier alpha value is -1.71. The smallest absolute Gasteiger partial charge is 0.317 e. The summed E-state index contributed by atoms with van der Waals surface area (Å²) in [6, 6.07) is 2.18. The van der Waals surface area contributed by atoms with Crippen molar-refractivity contribution in [3.05, 3.63) is 28.3 Å². The quantitative estimate of drug-likeness (QED) is 0.872. The topological polar surface area (TPSA) is 41.6 Å². The number of aryl methyl sites for hydroxylation is 1. The maximum atomic E-state index is 11.6. The number of urea groups is 1. The number of amides is 2. The molecule has 18 heavy (non-hydrogen) atoms. The van der Waals surface area contributed by atoms with E-state index in [9.17, 15) is 4.79 Å². The number of carbonyl (C=O) groups is 1. The molecule has 1 heterocycles. The average molecular weight is 248 g/mol. The van der Waals surface area contributed by atoms with E-state index in [0.717, 1.165) is 16.9 Å². The molecule has 1 saturated heterocycles. The summed E-state index contributed by atoms with van der Waals surface area (Å²) in [5.74, 6) is 0.939. The van der Waals surface area contributed by atoms with Gasteiger partial charge in [0.25, 0.3) is 0 Å². The molecule has 4 heteroatoms. The zero-order valence-corrected chi connectivity index (χ0v) is 11.6. The van der Waals surface area contributed by atoms with Crippen LogP contribution in [0, 0.1) is 20.8 Å². The Morgan fingerprint density at radius 1 is 1.33 bits per heavy atom. The van der Waals surface area contributed by atoms with Crippen molar-refractivity contribution in [1.29, 1.82) is 0 Å². The molecular formula is C14H20N2O2. The maximum absolute atomic E-state index is 11.6. The van der Waals surface area contributed by atoms with Crippen LogP contribution in [0.25, 0.3) is 0 Å². The van der Waals surface area contributed by atoms with Crippen LogP contribution in [0.4, 0.5) is 4.79 Å². The lowest BCUT2D eigenvalue weighted by Crippen LogP contribution is -2.24. The van der Waals surface area contributed by atoms with Crippen molar-refractivity contribution in [3.63, 3.8) is 0 Å². The first kappa shape index (κ1) is 12.7. The van der Waals surface area contributed by atoms with Crippen LogP contribution in [0.2, 0.25) is 0 Å². The lowest BCUT2D eigenvalue weighted by atomic mass is 9.94. The number of nitrogens with one attached hydrogen (secondary N) is 1. The SMILES string of the molecule is COc1c(C)cc(C2CN(C)C(=O)N2)c(C)c1C. The molecule has 1 N–H and O–H groups in total. The second kappa shape index (κ2) is 4.52. The molecule has 1 atom stereocenters. The van der Waals surface area contributed by atoms with Crippen LogP contribution < -0.4 is 10.1 Å². The second-order valence-electron chi connectivity index (χ2n) is 4.95. The predicted octanol–water partition coefficient (Wildman–Crippen LogP) is 2.32. The minimum atomic E-state index is -0.00877. The van der Waals surface area contributed by atoms with Crippen LogP contribution in [0.1, 0.15) is 28.3 Å². The van der Waals surface area contributed by atoms with E-state index < -0.39 is 0 Å². The molecule has 1 unspecified atom stereocenters. The fraction of sp³-hybridized carbons (Fsp3) is 0.500. The lowest BCUT2D eigenvalue weighted by molar-refractivity contribution is 0.226. The molecule has 4 nitrogen and oxygen atoms in total. The van der Waals surface area contributed by atoms with Crippen molar-refractivity contribution in [2.24, 2.45) is 0 Å². The normalized spacial score (nSPS) is 19.1. The first-order chi connectivity index (χ1) is 8.45. The Labute approximate surface area is 108 Å². The highest BCUT2D eigenvalue weighted by atomic mass is 16.5. The number of rotatable bonds is 2. The zero-order valence-electron chi connectivity index (χ0n) is 11.6. The molecular weight excluding hydrogens is 228 g/mol. The first-order valence-corrected chi connectivity index (χ1v) is 6.12. The fourth-order valence-corrected chi connectivity index (χ4v) is 2.60. The van der Waals surface area contributed by atoms with Crippen molar-refractivity contribution in [2.45, 2.75) is 26.8 Å². The van der Waals surface area contributed by atoms with E-state index in [-0.39, 0.29) is 12.1 Å². The van der Waals surface area contributed by atoms with Crippen molar-refractivity contribution >= 4 is 6.03 Å². The van der Waals surface area contributed by atoms with Gasteiger partial charge in [-0.05, 0) is 49.1 Å². The summed E-state index contributed by atoms with van der Waals surface area (Å²) in [6.45, 7) is 6.89. The van der Waals surface area contributed by atoms with Crippen molar-refractivity contribution in [1.82, 2.24) is 10.2 Å². The zero-order chi connectivity index (χ0) is 13.4. The monoisotopic (exact) mass is 248 g/mol. The molecule has 0 aromatic heterocycles. The molecule has 1 aliphatic rings. The molecule has 0 bridgehead atoms. The average Bonchev–Trinajstić information content (AvgIpc) is 2.65. The van der Waals surface area contributed by atoms with Crippen molar-refractivity contribution in [3.8, 4) is 5.75 Å². The van der Waals surface area contributed by atoms with Crippen molar-refractivity contribution in [2.75, 3.05) is 20.7 Å². The molecule has 2 amide bonds. The number of hydrogen-bond acceptors (Lipinski definition) is 2. The molecule has 1 aromatic rings. The van der Waals surface area contributed by atoms with E-state index in [1.807, 2.05) is 14.0 Å². The Morgan fingerprint density at radius 2 is 2.00 bits per heavy atom. The highest BCUT2D eigenvalue weighted by Gasteiger charge is 2.28. The third kappa shape index (κ3) is 1.92. The van der Waals surface area contributed by atoms with E-state index in [2.05, 4.69) is 25.2 Å². The summed E-state index contributed by atoms with van der Waals surface area (Å²) in [4.78, 5) is 13.3. The van der Waals surface area contributed by atoms with E-state index in [4.69, 9.17) is 4.74 Å². The van der Waals surface area contributed by atoms with Gasteiger partial charge in [0.2, 0.25) is 0 Å². The number of ether oxygens (including phenoxy) is 1. The van der Waals surface area contributed by atoms with Crippen LogP contribution in [0.15, 0.2) is 6.07 Å². The van der Waals surface area contributed by atoms with Gasteiger partial charge in [-0.2, -0.15) is 0 Å². The predicted molar refractivity (Wildman–Crippen MR) is 71.1 cm³/mol. The summed E-state index contributed by atoms with van der Waals surface area (Å²) in [7, 11) is 3.51. The summed E-state index contributed by atoms with van der Waals surface area (Å²) in [6.07, 6.45) is 0. The molecule has 0 radical (unpaired) electrons. The van der Waals surface area contributed by atoms with Gasteiger partial charge in [-0.15, -0.1) is 0 Å². The summed E-state index contributed by atoms with van der Waals surface area (Å²) >= 11 is 0. The largest absolute Gasteiger partial charge is 0.496 e. The van der Waals surface area contributed by atoms with Crippen LogP contribution in [-0.2, 0) is 0 Å². The molecule has 2 rings (SSSR count). The molecule has 0 spiro atoms. The molecule has 98 valence electrons. The van der Waals surface area contributed by atoms with Crippen LogP contribution >= 0.6 is 0 Å². The highest BCUT2D eigenvalue weighted by molar-refractivity contribution is 5.77.